The maximum atomic E-state index is 12.3. The summed E-state index contributed by atoms with van der Waals surface area (Å²) in [6.45, 7) is 1.39. The van der Waals surface area contributed by atoms with Gasteiger partial charge < -0.3 is 16.0 Å². The van der Waals surface area contributed by atoms with E-state index in [1.165, 1.54) is 6.92 Å². The van der Waals surface area contributed by atoms with Gasteiger partial charge >= 0.3 is 0 Å². The Labute approximate surface area is 144 Å². The summed E-state index contributed by atoms with van der Waals surface area (Å²) in [5.41, 5.74) is 2.02. The molecule has 2 aromatic rings. The number of hydrogen-bond donors (Lipinski definition) is 3. The van der Waals surface area contributed by atoms with Crippen molar-refractivity contribution in [1.82, 2.24) is 0 Å². The molecule has 25 heavy (non-hydrogen) atoms. The summed E-state index contributed by atoms with van der Waals surface area (Å²) >= 11 is 0. The number of hydrogen-bond acceptors (Lipinski definition) is 4. The van der Waals surface area contributed by atoms with E-state index in [2.05, 4.69) is 16.0 Å². The molecule has 0 unspecified atom stereocenters. The molecule has 3 N–H and O–H groups in total. The van der Waals surface area contributed by atoms with Crippen LogP contribution in [-0.4, -0.2) is 17.7 Å². The van der Waals surface area contributed by atoms with Gasteiger partial charge in [0.1, 0.15) is 6.42 Å². The molecule has 2 rings (SSSR count). The molecule has 0 bridgehead atoms. The molecule has 2 aromatic carbocycles. The summed E-state index contributed by atoms with van der Waals surface area (Å²) in [6, 6.07) is 14.9. The van der Waals surface area contributed by atoms with Crippen molar-refractivity contribution in [3.8, 4) is 6.07 Å². The van der Waals surface area contributed by atoms with Crippen LogP contribution in [0.4, 0.5) is 17.1 Å². The lowest BCUT2D eigenvalue weighted by Crippen LogP contribution is -2.13. The van der Waals surface area contributed by atoms with Crippen LogP contribution in [0.1, 0.15) is 23.7 Å². The molecule has 3 amide bonds. The first-order chi connectivity index (χ1) is 12.0. The summed E-state index contributed by atoms with van der Waals surface area (Å²) in [6.07, 6.45) is -0.219. The van der Waals surface area contributed by atoms with Crippen LogP contribution in [0.5, 0.6) is 0 Å². The Morgan fingerprint density at radius 2 is 1.56 bits per heavy atom. The molecule has 0 saturated carbocycles. The van der Waals surface area contributed by atoms with Crippen LogP contribution in [0.25, 0.3) is 0 Å². The SMILES string of the molecule is CC(=O)Nc1cccc(C(=O)Nc2ccc(NC(=O)CC#N)cc2)c1. The lowest BCUT2D eigenvalue weighted by Gasteiger charge is -2.08. The molecule has 0 aliphatic carbocycles. The minimum Gasteiger partial charge on any atom is -0.326 e. The van der Waals surface area contributed by atoms with Crippen molar-refractivity contribution in [2.24, 2.45) is 0 Å². The second-order valence-electron chi connectivity index (χ2n) is 5.18. The molecule has 0 spiro atoms. The van der Waals surface area contributed by atoms with Crippen molar-refractivity contribution in [2.45, 2.75) is 13.3 Å². The Morgan fingerprint density at radius 3 is 2.16 bits per heavy atom. The first kappa shape index (κ1) is 17.7. The second-order valence-corrected chi connectivity index (χ2v) is 5.18. The first-order valence-corrected chi connectivity index (χ1v) is 7.44. The second kappa shape index (κ2) is 8.26. The highest BCUT2D eigenvalue weighted by atomic mass is 16.2. The number of amides is 3. The van der Waals surface area contributed by atoms with Crippen LogP contribution in [0, 0.1) is 11.3 Å². The van der Waals surface area contributed by atoms with Crippen molar-refractivity contribution < 1.29 is 14.4 Å². The van der Waals surface area contributed by atoms with Gasteiger partial charge in [-0.1, -0.05) is 6.07 Å². The minimum absolute atomic E-state index is 0.216. The molecule has 0 fully saturated rings. The zero-order valence-corrected chi connectivity index (χ0v) is 13.5. The van der Waals surface area contributed by atoms with Crippen LogP contribution in [-0.2, 0) is 9.59 Å². The predicted octanol–water partition coefficient (Wildman–Crippen LogP) is 2.75. The molecule has 0 aliphatic heterocycles. The molecule has 0 aliphatic rings. The summed E-state index contributed by atoms with van der Waals surface area (Å²) in [4.78, 5) is 34.7. The van der Waals surface area contributed by atoms with E-state index in [-0.39, 0.29) is 18.2 Å². The Balaban J connectivity index is 2.02. The summed E-state index contributed by atoms with van der Waals surface area (Å²) in [7, 11) is 0. The van der Waals surface area contributed by atoms with E-state index in [1.54, 1.807) is 54.6 Å². The number of rotatable bonds is 5. The van der Waals surface area contributed by atoms with E-state index >= 15 is 0 Å². The summed E-state index contributed by atoms with van der Waals surface area (Å²) in [5, 5.41) is 16.4. The van der Waals surface area contributed by atoms with Crippen LogP contribution in [0.2, 0.25) is 0 Å². The van der Waals surface area contributed by atoms with E-state index in [0.717, 1.165) is 0 Å². The van der Waals surface area contributed by atoms with Crippen molar-refractivity contribution in [3.05, 3.63) is 54.1 Å². The van der Waals surface area contributed by atoms with Gasteiger partial charge in [-0.25, -0.2) is 0 Å². The van der Waals surface area contributed by atoms with Gasteiger partial charge in [-0.05, 0) is 42.5 Å². The lowest BCUT2D eigenvalue weighted by molar-refractivity contribution is -0.115. The third kappa shape index (κ3) is 5.48. The molecule has 0 saturated heterocycles. The van der Waals surface area contributed by atoms with Gasteiger partial charge in [0.25, 0.3) is 5.91 Å². The number of anilines is 3. The highest BCUT2D eigenvalue weighted by Crippen LogP contribution is 2.16. The fourth-order valence-electron chi connectivity index (χ4n) is 2.06. The molecule has 7 nitrogen and oxygen atoms in total. The zero-order chi connectivity index (χ0) is 18.2. The smallest absolute Gasteiger partial charge is 0.255 e. The molecule has 0 heterocycles. The summed E-state index contributed by atoms with van der Waals surface area (Å²) < 4.78 is 0. The third-order valence-electron chi connectivity index (χ3n) is 3.11. The number of nitrogens with one attached hydrogen (secondary N) is 3. The Bertz CT molecular complexity index is 838. The predicted molar refractivity (Wildman–Crippen MR) is 94.0 cm³/mol. The highest BCUT2D eigenvalue weighted by molar-refractivity contribution is 6.05. The van der Waals surface area contributed by atoms with Crippen LogP contribution in [0.15, 0.2) is 48.5 Å². The zero-order valence-electron chi connectivity index (χ0n) is 13.5. The number of nitrogens with zero attached hydrogens (tertiary/aromatic N) is 1. The first-order valence-electron chi connectivity index (χ1n) is 7.44. The Kier molecular flexibility index (Phi) is 5.85. The minimum atomic E-state index is -0.394. The third-order valence-corrected chi connectivity index (χ3v) is 3.11. The monoisotopic (exact) mass is 336 g/mol. The van der Waals surface area contributed by atoms with Crippen molar-refractivity contribution in [2.75, 3.05) is 16.0 Å². The molecule has 126 valence electrons. The van der Waals surface area contributed by atoms with Gasteiger partial charge in [0, 0.05) is 29.5 Å². The topological polar surface area (TPSA) is 111 Å². The quantitative estimate of drug-likeness (QED) is 0.779. The number of nitriles is 1. The van der Waals surface area contributed by atoms with Crippen LogP contribution >= 0.6 is 0 Å². The van der Waals surface area contributed by atoms with Gasteiger partial charge in [-0.3, -0.25) is 14.4 Å². The fraction of sp³-hybridized carbons (Fsp3) is 0.111. The molecule has 0 atom stereocenters. The summed E-state index contributed by atoms with van der Waals surface area (Å²) in [5.74, 6) is -0.936. The van der Waals surface area contributed by atoms with E-state index in [0.29, 0.717) is 22.6 Å². The van der Waals surface area contributed by atoms with Gasteiger partial charge in [-0.2, -0.15) is 5.26 Å². The molecular formula is C18H16N4O3. The molecule has 0 aromatic heterocycles. The van der Waals surface area contributed by atoms with E-state index < -0.39 is 5.91 Å². The molecule has 0 radical (unpaired) electrons. The highest BCUT2D eigenvalue weighted by Gasteiger charge is 2.08. The number of carbonyl (C=O) groups is 3. The van der Waals surface area contributed by atoms with Crippen molar-refractivity contribution in [1.29, 1.82) is 5.26 Å². The van der Waals surface area contributed by atoms with E-state index in [4.69, 9.17) is 5.26 Å². The van der Waals surface area contributed by atoms with Gasteiger partial charge in [0.05, 0.1) is 6.07 Å². The number of carbonyl (C=O) groups excluding carboxylic acids is 3. The van der Waals surface area contributed by atoms with Crippen molar-refractivity contribution >= 4 is 34.8 Å². The van der Waals surface area contributed by atoms with Crippen LogP contribution in [0.3, 0.4) is 0 Å². The van der Waals surface area contributed by atoms with E-state index in [9.17, 15) is 14.4 Å². The lowest BCUT2D eigenvalue weighted by atomic mass is 10.1. The fourth-order valence-corrected chi connectivity index (χ4v) is 2.06. The van der Waals surface area contributed by atoms with Gasteiger partial charge in [0.15, 0.2) is 0 Å². The van der Waals surface area contributed by atoms with Gasteiger partial charge in [-0.15, -0.1) is 0 Å². The molecular weight excluding hydrogens is 320 g/mol. The Morgan fingerprint density at radius 1 is 0.920 bits per heavy atom. The average Bonchev–Trinajstić information content (AvgIpc) is 2.56. The maximum absolute atomic E-state index is 12.3. The maximum Gasteiger partial charge on any atom is 0.255 e. The molecule has 7 heteroatoms. The van der Waals surface area contributed by atoms with Gasteiger partial charge in [0.2, 0.25) is 11.8 Å². The number of benzene rings is 2. The normalized spacial score (nSPS) is 9.60. The average molecular weight is 336 g/mol. The van der Waals surface area contributed by atoms with Crippen molar-refractivity contribution in [3.63, 3.8) is 0 Å². The van der Waals surface area contributed by atoms with E-state index in [1.807, 2.05) is 0 Å². The standard InChI is InChI=1S/C18H16N4O3/c1-12(23)20-16-4-2-3-13(11-16)18(25)22-15-7-5-14(6-8-15)21-17(24)9-10-19/h2-8,11H,9H2,1H3,(H,20,23)(H,21,24)(H,22,25). The Hall–Kier alpha value is -3.66. The largest absolute Gasteiger partial charge is 0.326 e. The van der Waals surface area contributed by atoms with Crippen LogP contribution < -0.4 is 16.0 Å².